The highest BCUT2D eigenvalue weighted by atomic mass is 35.5. The second-order valence-corrected chi connectivity index (χ2v) is 5.82. The monoisotopic (exact) mass is 344 g/mol. The maximum absolute atomic E-state index is 12.3. The van der Waals surface area contributed by atoms with Crippen LogP contribution in [0.15, 0.2) is 48.7 Å². The van der Waals surface area contributed by atoms with Crippen molar-refractivity contribution in [3.05, 3.63) is 59.2 Å². The summed E-state index contributed by atoms with van der Waals surface area (Å²) in [4.78, 5) is 12.3. The molecule has 3 rings (SSSR count). The summed E-state index contributed by atoms with van der Waals surface area (Å²) < 4.78 is 6.99. The highest BCUT2D eigenvalue weighted by Crippen LogP contribution is 2.23. The van der Waals surface area contributed by atoms with Crippen LogP contribution in [0.2, 0.25) is 5.02 Å². The summed E-state index contributed by atoms with van der Waals surface area (Å²) in [5.41, 5.74) is 2.14. The van der Waals surface area contributed by atoms with Crippen LogP contribution in [0.3, 0.4) is 0 Å². The Hall–Kier alpha value is -2.50. The van der Waals surface area contributed by atoms with Gasteiger partial charge in [0.2, 0.25) is 5.91 Å². The Labute approximate surface area is 144 Å². The quantitative estimate of drug-likeness (QED) is 0.745. The van der Waals surface area contributed by atoms with Gasteiger partial charge in [-0.2, -0.15) is 0 Å². The van der Waals surface area contributed by atoms with Gasteiger partial charge in [0.25, 0.3) is 0 Å². The van der Waals surface area contributed by atoms with E-state index in [1.54, 1.807) is 18.2 Å². The number of nitrogens with zero attached hydrogens (tertiary/aromatic N) is 1. The van der Waals surface area contributed by atoms with E-state index in [-0.39, 0.29) is 19.1 Å². The molecule has 0 aliphatic heterocycles. The second-order valence-electron chi connectivity index (χ2n) is 5.38. The van der Waals surface area contributed by atoms with E-state index < -0.39 is 0 Å². The lowest BCUT2D eigenvalue weighted by atomic mass is 10.2. The molecular formula is C18H17ClN2O3. The molecule has 1 aromatic heterocycles. The fraction of sp³-hybridized carbons (Fsp3) is 0.167. The first-order valence-electron chi connectivity index (χ1n) is 7.42. The Morgan fingerprint density at radius 3 is 2.83 bits per heavy atom. The SMILES string of the molecule is COc1ccc(NC(=O)Cn2ccc3ccc(Cl)cc32)cc1CO. The van der Waals surface area contributed by atoms with Gasteiger partial charge in [0.1, 0.15) is 12.3 Å². The molecule has 0 aliphatic carbocycles. The van der Waals surface area contributed by atoms with Gasteiger partial charge in [0.05, 0.1) is 13.7 Å². The molecule has 0 radical (unpaired) electrons. The molecule has 0 bridgehead atoms. The third-order valence-corrected chi connectivity index (χ3v) is 4.02. The van der Waals surface area contributed by atoms with E-state index in [9.17, 15) is 9.90 Å². The van der Waals surface area contributed by atoms with Crippen molar-refractivity contribution in [2.24, 2.45) is 0 Å². The normalized spacial score (nSPS) is 10.8. The number of halogens is 1. The summed E-state index contributed by atoms with van der Waals surface area (Å²) in [6.45, 7) is 0.0119. The molecule has 0 aliphatic rings. The summed E-state index contributed by atoms with van der Waals surface area (Å²) in [6.07, 6.45) is 1.85. The number of benzene rings is 2. The lowest BCUT2D eigenvalue weighted by molar-refractivity contribution is -0.116. The van der Waals surface area contributed by atoms with Crippen molar-refractivity contribution in [1.29, 1.82) is 0 Å². The van der Waals surface area contributed by atoms with E-state index in [0.717, 1.165) is 10.9 Å². The van der Waals surface area contributed by atoms with Crippen molar-refractivity contribution in [1.82, 2.24) is 4.57 Å². The van der Waals surface area contributed by atoms with Crippen molar-refractivity contribution in [3.8, 4) is 5.75 Å². The number of aliphatic hydroxyl groups is 1. The Morgan fingerprint density at radius 1 is 1.25 bits per heavy atom. The van der Waals surface area contributed by atoms with Crippen LogP contribution in [0.25, 0.3) is 10.9 Å². The van der Waals surface area contributed by atoms with Crippen molar-refractivity contribution >= 4 is 34.1 Å². The molecule has 1 heterocycles. The highest BCUT2D eigenvalue weighted by Gasteiger charge is 2.09. The molecule has 0 fully saturated rings. The molecular weight excluding hydrogens is 328 g/mol. The number of carbonyl (C=O) groups excluding carboxylic acids is 1. The average Bonchev–Trinajstić information content (AvgIpc) is 2.96. The molecule has 124 valence electrons. The molecule has 2 aromatic carbocycles. The van der Waals surface area contributed by atoms with E-state index in [1.807, 2.05) is 35.0 Å². The maximum Gasteiger partial charge on any atom is 0.244 e. The minimum atomic E-state index is -0.165. The molecule has 0 unspecified atom stereocenters. The average molecular weight is 345 g/mol. The summed E-state index contributed by atoms with van der Waals surface area (Å²) in [5, 5.41) is 13.8. The number of hydrogen-bond donors (Lipinski definition) is 2. The standard InChI is InChI=1S/C18H17ClN2O3/c1-24-17-5-4-15(8-13(17)11-22)20-18(23)10-21-7-6-12-2-3-14(19)9-16(12)21/h2-9,22H,10-11H2,1H3,(H,20,23). The van der Waals surface area contributed by atoms with Crippen molar-refractivity contribution in [3.63, 3.8) is 0 Å². The van der Waals surface area contributed by atoms with Crippen LogP contribution >= 0.6 is 11.6 Å². The van der Waals surface area contributed by atoms with Crippen LogP contribution in [0.4, 0.5) is 5.69 Å². The summed E-state index contributed by atoms with van der Waals surface area (Å²) in [5.74, 6) is 0.420. The first kappa shape index (κ1) is 16.4. The van der Waals surface area contributed by atoms with Crippen LogP contribution in [-0.2, 0) is 17.9 Å². The van der Waals surface area contributed by atoms with E-state index in [0.29, 0.717) is 22.0 Å². The third kappa shape index (κ3) is 3.37. The van der Waals surface area contributed by atoms with Crippen molar-refractivity contribution in [2.75, 3.05) is 12.4 Å². The van der Waals surface area contributed by atoms with Crippen molar-refractivity contribution in [2.45, 2.75) is 13.2 Å². The van der Waals surface area contributed by atoms with E-state index >= 15 is 0 Å². The summed E-state index contributed by atoms with van der Waals surface area (Å²) in [7, 11) is 1.54. The van der Waals surface area contributed by atoms with Gasteiger partial charge in [-0.05, 0) is 41.8 Å². The zero-order valence-corrected chi connectivity index (χ0v) is 13.9. The number of aliphatic hydroxyl groups excluding tert-OH is 1. The molecule has 24 heavy (non-hydrogen) atoms. The second kappa shape index (κ2) is 6.95. The van der Waals surface area contributed by atoms with Gasteiger partial charge in [-0.3, -0.25) is 4.79 Å². The Morgan fingerprint density at radius 2 is 2.08 bits per heavy atom. The first-order valence-corrected chi connectivity index (χ1v) is 7.80. The maximum atomic E-state index is 12.3. The number of nitrogens with one attached hydrogen (secondary N) is 1. The number of anilines is 1. The molecule has 0 saturated heterocycles. The van der Waals surface area contributed by atoms with Crippen molar-refractivity contribution < 1.29 is 14.6 Å². The number of methoxy groups -OCH3 is 1. The van der Waals surface area contributed by atoms with Gasteiger partial charge in [0.15, 0.2) is 0 Å². The predicted molar refractivity (Wildman–Crippen MR) is 94.5 cm³/mol. The topological polar surface area (TPSA) is 63.5 Å². The molecule has 5 nitrogen and oxygen atoms in total. The summed E-state index contributed by atoms with van der Waals surface area (Å²) >= 11 is 6.03. The number of aromatic nitrogens is 1. The fourth-order valence-electron chi connectivity index (χ4n) is 2.63. The van der Waals surface area contributed by atoms with Gasteiger partial charge in [-0.15, -0.1) is 0 Å². The zero-order chi connectivity index (χ0) is 17.1. The number of rotatable bonds is 5. The third-order valence-electron chi connectivity index (χ3n) is 3.78. The van der Waals surface area contributed by atoms with Crippen LogP contribution < -0.4 is 10.1 Å². The predicted octanol–water partition coefficient (Wildman–Crippen LogP) is 3.43. The van der Waals surface area contributed by atoms with E-state index in [1.165, 1.54) is 7.11 Å². The smallest absolute Gasteiger partial charge is 0.244 e. The number of fused-ring (bicyclic) bond motifs is 1. The molecule has 0 spiro atoms. The van der Waals surface area contributed by atoms with Gasteiger partial charge in [0, 0.05) is 28.0 Å². The van der Waals surface area contributed by atoms with Gasteiger partial charge in [-0.25, -0.2) is 0 Å². The molecule has 0 saturated carbocycles. The Kier molecular flexibility index (Phi) is 4.74. The fourth-order valence-corrected chi connectivity index (χ4v) is 2.80. The van der Waals surface area contributed by atoms with Crippen LogP contribution in [0.1, 0.15) is 5.56 Å². The minimum Gasteiger partial charge on any atom is -0.496 e. The zero-order valence-electron chi connectivity index (χ0n) is 13.1. The number of hydrogen-bond acceptors (Lipinski definition) is 3. The Bertz CT molecular complexity index is 889. The molecule has 6 heteroatoms. The number of carbonyl (C=O) groups is 1. The van der Waals surface area contributed by atoms with Crippen LogP contribution in [-0.4, -0.2) is 22.7 Å². The molecule has 2 N–H and O–H groups in total. The number of amides is 1. The lowest BCUT2D eigenvalue weighted by Gasteiger charge is -2.11. The number of ether oxygens (including phenoxy) is 1. The van der Waals surface area contributed by atoms with E-state index in [4.69, 9.17) is 16.3 Å². The van der Waals surface area contributed by atoms with Gasteiger partial charge >= 0.3 is 0 Å². The highest BCUT2D eigenvalue weighted by molar-refractivity contribution is 6.31. The lowest BCUT2D eigenvalue weighted by Crippen LogP contribution is -2.18. The van der Waals surface area contributed by atoms with Crippen LogP contribution in [0, 0.1) is 0 Å². The van der Waals surface area contributed by atoms with Gasteiger partial charge < -0.3 is 19.7 Å². The molecule has 1 amide bonds. The van der Waals surface area contributed by atoms with Crippen LogP contribution in [0.5, 0.6) is 5.75 Å². The molecule has 3 aromatic rings. The van der Waals surface area contributed by atoms with Gasteiger partial charge in [-0.1, -0.05) is 17.7 Å². The first-order chi connectivity index (χ1) is 11.6. The Balaban J connectivity index is 1.76. The molecule has 0 atom stereocenters. The van der Waals surface area contributed by atoms with E-state index in [2.05, 4.69) is 5.32 Å². The largest absolute Gasteiger partial charge is 0.496 e. The minimum absolute atomic E-state index is 0.159. The summed E-state index contributed by atoms with van der Waals surface area (Å²) in [6, 6.07) is 12.7.